The SMILES string of the molecule is CCNC(CC)c1ccc(-n2nc(C)c(CC)c2C)cc1. The second-order valence-electron chi connectivity index (χ2n) is 5.52. The fourth-order valence-corrected chi connectivity index (χ4v) is 3.03. The fourth-order valence-electron chi connectivity index (χ4n) is 3.03. The van der Waals surface area contributed by atoms with Gasteiger partial charge in [-0.1, -0.05) is 32.9 Å². The molecule has 3 heteroatoms. The summed E-state index contributed by atoms with van der Waals surface area (Å²) in [6, 6.07) is 9.22. The Kier molecular flexibility index (Phi) is 5.18. The zero-order chi connectivity index (χ0) is 15.4. The summed E-state index contributed by atoms with van der Waals surface area (Å²) in [5.41, 5.74) is 6.24. The van der Waals surface area contributed by atoms with Crippen molar-refractivity contribution in [3.63, 3.8) is 0 Å². The van der Waals surface area contributed by atoms with Gasteiger partial charge in [-0.05, 0) is 56.5 Å². The maximum absolute atomic E-state index is 4.68. The molecule has 114 valence electrons. The predicted molar refractivity (Wildman–Crippen MR) is 89.1 cm³/mol. The van der Waals surface area contributed by atoms with E-state index in [0.29, 0.717) is 6.04 Å². The molecule has 1 atom stereocenters. The first-order valence-corrected chi connectivity index (χ1v) is 8.01. The van der Waals surface area contributed by atoms with Crippen molar-refractivity contribution < 1.29 is 0 Å². The van der Waals surface area contributed by atoms with E-state index in [-0.39, 0.29) is 0 Å². The van der Waals surface area contributed by atoms with Gasteiger partial charge in [0, 0.05) is 11.7 Å². The molecular weight excluding hydrogens is 258 g/mol. The first kappa shape index (κ1) is 15.8. The van der Waals surface area contributed by atoms with Crippen LogP contribution in [0.4, 0.5) is 0 Å². The van der Waals surface area contributed by atoms with Crippen LogP contribution in [0.2, 0.25) is 0 Å². The smallest absolute Gasteiger partial charge is 0.0649 e. The molecule has 0 spiro atoms. The zero-order valence-corrected chi connectivity index (χ0v) is 13.9. The minimum Gasteiger partial charge on any atom is -0.310 e. The van der Waals surface area contributed by atoms with Gasteiger partial charge < -0.3 is 5.32 Å². The molecule has 0 radical (unpaired) electrons. The Morgan fingerprint density at radius 2 is 1.76 bits per heavy atom. The predicted octanol–water partition coefficient (Wildman–Crippen LogP) is 4.11. The summed E-state index contributed by atoms with van der Waals surface area (Å²) in [4.78, 5) is 0. The van der Waals surface area contributed by atoms with Crippen LogP contribution < -0.4 is 5.32 Å². The Labute approximate surface area is 128 Å². The molecule has 0 aliphatic heterocycles. The first-order valence-electron chi connectivity index (χ1n) is 8.01. The Morgan fingerprint density at radius 1 is 1.10 bits per heavy atom. The van der Waals surface area contributed by atoms with Crippen molar-refractivity contribution in [1.82, 2.24) is 15.1 Å². The van der Waals surface area contributed by atoms with E-state index in [1.807, 2.05) is 0 Å². The molecule has 0 amide bonds. The number of rotatable bonds is 6. The number of aryl methyl sites for hydroxylation is 1. The van der Waals surface area contributed by atoms with Gasteiger partial charge in [0.2, 0.25) is 0 Å². The van der Waals surface area contributed by atoms with Gasteiger partial charge in [0.15, 0.2) is 0 Å². The standard InChI is InChI=1S/C18H27N3/c1-6-17-13(4)20-21(14(17)5)16-11-9-15(10-12-16)18(7-2)19-8-3/h9-12,18-19H,6-8H2,1-5H3. The minimum atomic E-state index is 0.440. The second kappa shape index (κ2) is 6.90. The maximum Gasteiger partial charge on any atom is 0.0649 e. The highest BCUT2D eigenvalue weighted by molar-refractivity contribution is 5.39. The second-order valence-corrected chi connectivity index (χ2v) is 5.52. The number of nitrogens with zero attached hydrogens (tertiary/aromatic N) is 2. The van der Waals surface area contributed by atoms with Gasteiger partial charge in [0.25, 0.3) is 0 Å². The zero-order valence-electron chi connectivity index (χ0n) is 13.9. The topological polar surface area (TPSA) is 29.9 Å². The van der Waals surface area contributed by atoms with Gasteiger partial charge in [-0.15, -0.1) is 0 Å². The van der Waals surface area contributed by atoms with Crippen LogP contribution in [-0.4, -0.2) is 16.3 Å². The van der Waals surface area contributed by atoms with E-state index in [9.17, 15) is 0 Å². The summed E-state index contributed by atoms with van der Waals surface area (Å²) in [7, 11) is 0. The van der Waals surface area contributed by atoms with E-state index in [1.165, 1.54) is 16.8 Å². The molecule has 3 nitrogen and oxygen atoms in total. The maximum atomic E-state index is 4.68. The number of aromatic nitrogens is 2. The Morgan fingerprint density at radius 3 is 2.24 bits per heavy atom. The van der Waals surface area contributed by atoms with E-state index >= 15 is 0 Å². The van der Waals surface area contributed by atoms with E-state index in [1.54, 1.807) is 0 Å². The van der Waals surface area contributed by atoms with Crippen molar-refractivity contribution in [3.8, 4) is 5.69 Å². The highest BCUT2D eigenvalue weighted by Gasteiger charge is 2.12. The molecule has 1 aromatic carbocycles. The molecule has 2 rings (SSSR count). The molecule has 0 fully saturated rings. The van der Waals surface area contributed by atoms with E-state index in [0.717, 1.165) is 30.8 Å². The van der Waals surface area contributed by atoms with Crippen LogP contribution in [0.15, 0.2) is 24.3 Å². The van der Waals surface area contributed by atoms with E-state index in [2.05, 4.69) is 74.0 Å². The summed E-state index contributed by atoms with van der Waals surface area (Å²) in [6.45, 7) is 11.8. The molecule has 1 unspecified atom stereocenters. The molecule has 0 saturated heterocycles. The third-order valence-electron chi connectivity index (χ3n) is 4.19. The van der Waals surface area contributed by atoms with Crippen LogP contribution in [0.5, 0.6) is 0 Å². The Bertz CT molecular complexity index is 581. The third kappa shape index (κ3) is 3.18. The monoisotopic (exact) mass is 285 g/mol. The lowest BCUT2D eigenvalue weighted by molar-refractivity contribution is 0.537. The lowest BCUT2D eigenvalue weighted by Crippen LogP contribution is -2.20. The van der Waals surface area contributed by atoms with Gasteiger partial charge in [-0.25, -0.2) is 4.68 Å². The van der Waals surface area contributed by atoms with Crippen LogP contribution in [-0.2, 0) is 6.42 Å². The quantitative estimate of drug-likeness (QED) is 0.865. The molecule has 21 heavy (non-hydrogen) atoms. The largest absolute Gasteiger partial charge is 0.310 e. The van der Waals surface area contributed by atoms with E-state index < -0.39 is 0 Å². The van der Waals surface area contributed by atoms with Crippen LogP contribution in [0.3, 0.4) is 0 Å². The summed E-state index contributed by atoms with van der Waals surface area (Å²) < 4.78 is 2.06. The molecule has 1 aromatic heterocycles. The summed E-state index contributed by atoms with van der Waals surface area (Å²) in [6.07, 6.45) is 2.14. The van der Waals surface area contributed by atoms with E-state index in [4.69, 9.17) is 0 Å². The van der Waals surface area contributed by atoms with Crippen molar-refractivity contribution in [2.45, 2.75) is 53.5 Å². The number of hydrogen-bond donors (Lipinski definition) is 1. The van der Waals surface area contributed by atoms with Crippen molar-refractivity contribution >= 4 is 0 Å². The molecule has 1 heterocycles. The fraction of sp³-hybridized carbons (Fsp3) is 0.500. The van der Waals surface area contributed by atoms with Crippen molar-refractivity contribution in [1.29, 1.82) is 0 Å². The number of hydrogen-bond acceptors (Lipinski definition) is 2. The molecule has 0 saturated carbocycles. The average Bonchev–Trinajstić information content (AvgIpc) is 2.79. The summed E-state index contributed by atoms with van der Waals surface area (Å²) in [5, 5.41) is 8.20. The average molecular weight is 285 g/mol. The van der Waals surface area contributed by atoms with Gasteiger partial charge in [0.05, 0.1) is 11.4 Å². The summed E-state index contributed by atoms with van der Waals surface area (Å²) in [5.74, 6) is 0. The molecule has 0 aliphatic carbocycles. The third-order valence-corrected chi connectivity index (χ3v) is 4.19. The van der Waals surface area contributed by atoms with Crippen molar-refractivity contribution in [3.05, 3.63) is 46.8 Å². The van der Waals surface area contributed by atoms with Crippen molar-refractivity contribution in [2.24, 2.45) is 0 Å². The number of benzene rings is 1. The van der Waals surface area contributed by atoms with Crippen molar-refractivity contribution in [2.75, 3.05) is 6.54 Å². The van der Waals surface area contributed by atoms with Gasteiger partial charge in [0.1, 0.15) is 0 Å². The normalized spacial score (nSPS) is 12.6. The minimum absolute atomic E-state index is 0.440. The lowest BCUT2D eigenvalue weighted by Gasteiger charge is -2.16. The van der Waals surface area contributed by atoms with Crippen LogP contribution in [0.25, 0.3) is 5.69 Å². The Hall–Kier alpha value is -1.61. The van der Waals surface area contributed by atoms with Gasteiger partial charge in [-0.2, -0.15) is 5.10 Å². The van der Waals surface area contributed by atoms with Crippen LogP contribution in [0, 0.1) is 13.8 Å². The molecule has 2 aromatic rings. The number of nitrogens with one attached hydrogen (secondary N) is 1. The lowest BCUT2D eigenvalue weighted by atomic mass is 10.0. The Balaban J connectivity index is 2.31. The molecule has 0 aliphatic rings. The van der Waals surface area contributed by atoms with Gasteiger partial charge >= 0.3 is 0 Å². The molecular formula is C18H27N3. The van der Waals surface area contributed by atoms with Crippen LogP contribution >= 0.6 is 0 Å². The molecule has 1 N–H and O–H groups in total. The first-order chi connectivity index (χ1) is 10.1. The van der Waals surface area contributed by atoms with Crippen LogP contribution in [0.1, 0.15) is 55.7 Å². The molecule has 0 bridgehead atoms. The highest BCUT2D eigenvalue weighted by atomic mass is 15.3. The summed E-state index contributed by atoms with van der Waals surface area (Å²) >= 11 is 0. The van der Waals surface area contributed by atoms with Gasteiger partial charge in [-0.3, -0.25) is 0 Å². The highest BCUT2D eigenvalue weighted by Crippen LogP contribution is 2.21.